The summed E-state index contributed by atoms with van der Waals surface area (Å²) in [5, 5.41) is 0. The molecule has 0 atom stereocenters. The van der Waals surface area contributed by atoms with Gasteiger partial charge in [0.15, 0.2) is 0 Å². The molecule has 0 aliphatic carbocycles. The molecule has 0 bridgehead atoms. The molecule has 5 rings (SSSR count). The zero-order chi connectivity index (χ0) is 26.8. The second kappa shape index (κ2) is 11.4. The van der Waals surface area contributed by atoms with Gasteiger partial charge in [-0.2, -0.15) is 0 Å². The molecule has 1 aromatic carbocycles. The second-order valence-corrected chi connectivity index (χ2v) is 12.0. The number of aryl methyl sites for hydroxylation is 1. The van der Waals surface area contributed by atoms with Crippen LogP contribution in [0.15, 0.2) is 58.4 Å². The van der Waals surface area contributed by atoms with Gasteiger partial charge < -0.3 is 4.90 Å². The molecule has 2 fully saturated rings. The number of hydrogen-bond donors (Lipinski definition) is 0. The van der Waals surface area contributed by atoms with Crippen LogP contribution in [0, 0.1) is 12.8 Å². The standard InChI is InChI=1S/C29H33N5O2S2/c1-20(2)11-13-34-28(36)24(38-29(34)37)18-23-26(30-25-21(3)8-7-12-33(25)27(23)35)32-16-14-31(15-17-32)19-22-9-5-4-6-10-22/h4-10,12,18,20H,11,13-17,19H2,1-3H3. The van der Waals surface area contributed by atoms with Crippen molar-refractivity contribution in [2.45, 2.75) is 33.7 Å². The van der Waals surface area contributed by atoms with E-state index in [0.29, 0.717) is 38.7 Å². The van der Waals surface area contributed by atoms with Crippen molar-refractivity contribution in [3.05, 3.63) is 80.6 Å². The lowest BCUT2D eigenvalue weighted by Crippen LogP contribution is -2.47. The van der Waals surface area contributed by atoms with E-state index in [2.05, 4.69) is 47.9 Å². The molecule has 0 spiro atoms. The summed E-state index contributed by atoms with van der Waals surface area (Å²) in [4.78, 5) is 38.8. The highest BCUT2D eigenvalue weighted by molar-refractivity contribution is 8.26. The van der Waals surface area contributed by atoms with Gasteiger partial charge in [0.2, 0.25) is 0 Å². The lowest BCUT2D eigenvalue weighted by Gasteiger charge is -2.36. The second-order valence-electron chi connectivity index (χ2n) is 10.3. The number of nitrogens with zero attached hydrogens (tertiary/aromatic N) is 5. The van der Waals surface area contributed by atoms with Gasteiger partial charge in [-0.25, -0.2) is 4.98 Å². The lowest BCUT2D eigenvalue weighted by atomic mass is 10.1. The van der Waals surface area contributed by atoms with E-state index in [1.54, 1.807) is 21.6 Å². The first-order valence-corrected chi connectivity index (χ1v) is 14.3. The zero-order valence-electron chi connectivity index (χ0n) is 22.1. The van der Waals surface area contributed by atoms with E-state index >= 15 is 0 Å². The van der Waals surface area contributed by atoms with E-state index in [0.717, 1.165) is 44.7 Å². The molecule has 2 aliphatic heterocycles. The molecule has 1 amide bonds. The Bertz CT molecular complexity index is 1440. The fraction of sp³-hybridized carbons (Fsp3) is 0.379. The number of pyridine rings is 1. The Hall–Kier alpha value is -3.01. The van der Waals surface area contributed by atoms with Crippen molar-refractivity contribution in [3.8, 4) is 0 Å². The van der Waals surface area contributed by atoms with Gasteiger partial charge in [-0.1, -0.05) is 74.2 Å². The monoisotopic (exact) mass is 547 g/mol. The first-order chi connectivity index (χ1) is 18.3. The Balaban J connectivity index is 1.47. The van der Waals surface area contributed by atoms with E-state index in [1.807, 2.05) is 25.1 Å². The number of thioether (sulfide) groups is 1. The van der Waals surface area contributed by atoms with E-state index in [9.17, 15) is 9.59 Å². The maximum atomic E-state index is 13.8. The van der Waals surface area contributed by atoms with Gasteiger partial charge in [0, 0.05) is 45.5 Å². The van der Waals surface area contributed by atoms with Crippen LogP contribution in [0.4, 0.5) is 5.82 Å². The third kappa shape index (κ3) is 5.55. The van der Waals surface area contributed by atoms with Crippen molar-refractivity contribution in [3.63, 3.8) is 0 Å². The number of hydrogen-bond acceptors (Lipinski definition) is 7. The third-order valence-electron chi connectivity index (χ3n) is 7.06. The van der Waals surface area contributed by atoms with Crippen LogP contribution < -0.4 is 10.5 Å². The molecule has 9 heteroatoms. The number of piperazine rings is 1. The highest BCUT2D eigenvalue weighted by Gasteiger charge is 2.33. The number of rotatable bonds is 7. The Morgan fingerprint density at radius 3 is 2.50 bits per heavy atom. The van der Waals surface area contributed by atoms with Crippen molar-refractivity contribution < 1.29 is 4.79 Å². The number of aromatic nitrogens is 2. The maximum absolute atomic E-state index is 13.8. The van der Waals surface area contributed by atoms with Crippen molar-refractivity contribution in [2.24, 2.45) is 5.92 Å². The minimum Gasteiger partial charge on any atom is -0.353 e. The van der Waals surface area contributed by atoms with E-state index in [4.69, 9.17) is 17.2 Å². The summed E-state index contributed by atoms with van der Waals surface area (Å²) in [7, 11) is 0. The van der Waals surface area contributed by atoms with Crippen LogP contribution in [0.1, 0.15) is 37.0 Å². The summed E-state index contributed by atoms with van der Waals surface area (Å²) < 4.78 is 2.12. The van der Waals surface area contributed by atoms with Crippen LogP contribution >= 0.6 is 24.0 Å². The smallest absolute Gasteiger partial charge is 0.267 e. The number of thiocarbonyl (C=S) groups is 1. The maximum Gasteiger partial charge on any atom is 0.267 e. The number of fused-ring (bicyclic) bond motifs is 1. The highest BCUT2D eigenvalue weighted by atomic mass is 32.2. The average molecular weight is 548 g/mol. The molecule has 198 valence electrons. The van der Waals surface area contributed by atoms with E-state index in [1.165, 1.54) is 17.3 Å². The Kier molecular flexibility index (Phi) is 7.97. The highest BCUT2D eigenvalue weighted by Crippen LogP contribution is 2.34. The first-order valence-electron chi connectivity index (χ1n) is 13.1. The topological polar surface area (TPSA) is 61.2 Å². The van der Waals surface area contributed by atoms with Gasteiger partial charge >= 0.3 is 0 Å². The predicted octanol–water partition coefficient (Wildman–Crippen LogP) is 4.57. The summed E-state index contributed by atoms with van der Waals surface area (Å²) in [5.41, 5.74) is 3.13. The van der Waals surface area contributed by atoms with E-state index in [-0.39, 0.29) is 11.5 Å². The van der Waals surface area contributed by atoms with Gasteiger partial charge in [-0.05, 0) is 42.5 Å². The van der Waals surface area contributed by atoms with Crippen molar-refractivity contribution >= 4 is 51.7 Å². The molecule has 4 heterocycles. The molecule has 3 aromatic rings. The first kappa shape index (κ1) is 26.6. The molecule has 0 saturated carbocycles. The largest absolute Gasteiger partial charge is 0.353 e. The normalized spacial score (nSPS) is 17.9. The van der Waals surface area contributed by atoms with Crippen molar-refractivity contribution in [2.75, 3.05) is 37.6 Å². The van der Waals surface area contributed by atoms with Gasteiger partial charge in [-0.15, -0.1) is 0 Å². The van der Waals surface area contributed by atoms with Crippen LogP contribution in [0.25, 0.3) is 11.7 Å². The van der Waals surface area contributed by atoms with Crippen LogP contribution in [-0.2, 0) is 11.3 Å². The summed E-state index contributed by atoms with van der Waals surface area (Å²) in [6.45, 7) is 10.9. The van der Waals surface area contributed by atoms with Crippen LogP contribution in [0.3, 0.4) is 0 Å². The fourth-order valence-electron chi connectivity index (χ4n) is 4.84. The van der Waals surface area contributed by atoms with Gasteiger partial charge in [0.25, 0.3) is 11.5 Å². The van der Waals surface area contributed by atoms with Gasteiger partial charge in [-0.3, -0.25) is 23.8 Å². The zero-order valence-corrected chi connectivity index (χ0v) is 23.7. The minimum atomic E-state index is -0.173. The number of carbonyl (C=O) groups is 1. The summed E-state index contributed by atoms with van der Waals surface area (Å²) >= 11 is 6.80. The number of carbonyl (C=O) groups excluding carboxylic acids is 1. The summed E-state index contributed by atoms with van der Waals surface area (Å²) in [5.74, 6) is 0.970. The molecular formula is C29H33N5O2S2. The van der Waals surface area contributed by atoms with Gasteiger partial charge in [0.1, 0.15) is 15.8 Å². The summed E-state index contributed by atoms with van der Waals surface area (Å²) in [6, 6.07) is 14.3. The molecule has 38 heavy (non-hydrogen) atoms. The number of anilines is 1. The molecule has 2 aromatic heterocycles. The predicted molar refractivity (Wildman–Crippen MR) is 159 cm³/mol. The molecule has 0 N–H and O–H groups in total. The summed E-state index contributed by atoms with van der Waals surface area (Å²) in [6.07, 6.45) is 4.33. The molecule has 2 saturated heterocycles. The third-order valence-corrected chi connectivity index (χ3v) is 8.44. The molecule has 2 aliphatic rings. The fourth-order valence-corrected chi connectivity index (χ4v) is 6.13. The Morgan fingerprint density at radius 1 is 1.05 bits per heavy atom. The van der Waals surface area contributed by atoms with Crippen LogP contribution in [0.2, 0.25) is 0 Å². The average Bonchev–Trinajstić information content (AvgIpc) is 3.17. The molecule has 0 radical (unpaired) electrons. The van der Waals surface area contributed by atoms with Crippen LogP contribution in [0.5, 0.6) is 0 Å². The Labute approximate surface area is 233 Å². The van der Waals surface area contributed by atoms with Crippen LogP contribution in [-0.4, -0.2) is 62.1 Å². The lowest BCUT2D eigenvalue weighted by molar-refractivity contribution is -0.122. The number of benzene rings is 1. The SMILES string of the molecule is Cc1cccn2c(=O)c(C=C3SC(=S)N(CCC(C)C)C3=O)c(N3CCN(Cc4ccccc4)CC3)nc12. The van der Waals surface area contributed by atoms with Crippen molar-refractivity contribution in [1.82, 2.24) is 19.2 Å². The van der Waals surface area contributed by atoms with E-state index < -0.39 is 0 Å². The van der Waals surface area contributed by atoms with Crippen molar-refractivity contribution in [1.29, 1.82) is 0 Å². The Morgan fingerprint density at radius 2 is 1.79 bits per heavy atom. The molecular weight excluding hydrogens is 514 g/mol. The molecule has 0 unspecified atom stereocenters. The van der Waals surface area contributed by atoms with Gasteiger partial charge in [0.05, 0.1) is 10.5 Å². The molecule has 7 nitrogen and oxygen atoms in total. The quantitative estimate of drug-likeness (QED) is 0.317. The minimum absolute atomic E-state index is 0.131. The number of amides is 1.